The quantitative estimate of drug-likeness (QED) is 0.912. The first-order valence-corrected chi connectivity index (χ1v) is 7.27. The van der Waals surface area contributed by atoms with Crippen LogP contribution in [0.5, 0.6) is 5.75 Å². The van der Waals surface area contributed by atoms with Crippen LogP contribution in [0.4, 0.5) is 5.69 Å². The average molecular weight is 284 g/mol. The first-order chi connectivity index (χ1) is 9.99. The van der Waals surface area contributed by atoms with Gasteiger partial charge in [0.25, 0.3) is 0 Å². The van der Waals surface area contributed by atoms with Crippen LogP contribution in [0.15, 0.2) is 48.5 Å². The molecule has 3 heteroatoms. The zero-order valence-corrected chi connectivity index (χ0v) is 13.2. The molecular formula is C18H24N2O. The molecule has 1 atom stereocenters. The van der Waals surface area contributed by atoms with Crippen molar-refractivity contribution in [2.45, 2.75) is 26.0 Å². The Morgan fingerprint density at radius 1 is 0.952 bits per heavy atom. The number of para-hydroxylation sites is 1. The van der Waals surface area contributed by atoms with Gasteiger partial charge in [0.1, 0.15) is 5.75 Å². The van der Waals surface area contributed by atoms with E-state index >= 15 is 0 Å². The molecule has 0 aliphatic heterocycles. The lowest BCUT2D eigenvalue weighted by Crippen LogP contribution is -2.16. The molecule has 0 aliphatic carbocycles. The molecular weight excluding hydrogens is 260 g/mol. The summed E-state index contributed by atoms with van der Waals surface area (Å²) in [6, 6.07) is 16.1. The number of benzene rings is 2. The monoisotopic (exact) mass is 284 g/mol. The second-order valence-corrected chi connectivity index (χ2v) is 5.67. The van der Waals surface area contributed by atoms with Gasteiger partial charge in [-0.15, -0.1) is 0 Å². The van der Waals surface area contributed by atoms with E-state index in [1.807, 2.05) is 52.2 Å². The second-order valence-electron chi connectivity index (χ2n) is 5.67. The minimum absolute atomic E-state index is 0.134. The van der Waals surface area contributed by atoms with Gasteiger partial charge in [-0.3, -0.25) is 0 Å². The van der Waals surface area contributed by atoms with Gasteiger partial charge < -0.3 is 15.4 Å². The van der Waals surface area contributed by atoms with Crippen LogP contribution in [0.3, 0.4) is 0 Å². The predicted molar refractivity (Wildman–Crippen MR) is 89.0 cm³/mol. The summed E-state index contributed by atoms with van der Waals surface area (Å²) in [6.45, 7) is 4.04. The van der Waals surface area contributed by atoms with Crippen molar-refractivity contribution in [3.8, 4) is 5.75 Å². The third kappa shape index (κ3) is 3.76. The molecule has 0 saturated carbocycles. The molecule has 2 aromatic rings. The Balaban J connectivity index is 2.29. The van der Waals surface area contributed by atoms with Gasteiger partial charge in [0, 0.05) is 25.3 Å². The third-order valence-corrected chi connectivity index (χ3v) is 3.39. The molecule has 0 radical (unpaired) electrons. The van der Waals surface area contributed by atoms with Crippen molar-refractivity contribution in [3.63, 3.8) is 0 Å². The fraction of sp³-hybridized carbons (Fsp3) is 0.333. The summed E-state index contributed by atoms with van der Waals surface area (Å²) >= 11 is 0. The topological polar surface area (TPSA) is 38.5 Å². The molecule has 2 rings (SSSR count). The molecule has 2 aromatic carbocycles. The summed E-state index contributed by atoms with van der Waals surface area (Å²) in [6.07, 6.45) is 0.134. The van der Waals surface area contributed by atoms with Crippen molar-refractivity contribution < 1.29 is 4.74 Å². The number of rotatable bonds is 5. The van der Waals surface area contributed by atoms with Crippen molar-refractivity contribution in [2.75, 3.05) is 19.0 Å². The van der Waals surface area contributed by atoms with Gasteiger partial charge in [-0.05, 0) is 37.6 Å². The molecule has 0 spiro atoms. The lowest BCUT2D eigenvalue weighted by molar-refractivity contribution is 0.239. The molecule has 0 fully saturated rings. The van der Waals surface area contributed by atoms with E-state index in [-0.39, 0.29) is 12.1 Å². The molecule has 3 nitrogen and oxygen atoms in total. The standard InChI is InChI=1S/C18H24N2O/c1-13(2)21-17-8-6-5-7-16(17)18(19)14-9-11-15(12-10-14)20(3)4/h5-13,18H,19H2,1-4H3. The number of hydrogen-bond donors (Lipinski definition) is 1. The minimum Gasteiger partial charge on any atom is -0.491 e. The molecule has 0 saturated heterocycles. The Bertz CT molecular complexity index is 576. The fourth-order valence-electron chi connectivity index (χ4n) is 2.26. The number of nitrogens with two attached hydrogens (primary N) is 1. The maximum Gasteiger partial charge on any atom is 0.124 e. The van der Waals surface area contributed by atoms with Gasteiger partial charge >= 0.3 is 0 Å². The summed E-state index contributed by atoms with van der Waals surface area (Å²) < 4.78 is 5.86. The number of ether oxygens (including phenoxy) is 1. The Labute approximate surface area is 127 Å². The van der Waals surface area contributed by atoms with E-state index in [2.05, 4.69) is 29.2 Å². The Morgan fingerprint density at radius 3 is 2.14 bits per heavy atom. The fourth-order valence-corrected chi connectivity index (χ4v) is 2.26. The number of nitrogens with zero attached hydrogens (tertiary/aromatic N) is 1. The maximum absolute atomic E-state index is 6.43. The van der Waals surface area contributed by atoms with Crippen molar-refractivity contribution >= 4 is 5.69 Å². The van der Waals surface area contributed by atoms with E-state index < -0.39 is 0 Å². The minimum atomic E-state index is -0.184. The van der Waals surface area contributed by atoms with Gasteiger partial charge in [-0.25, -0.2) is 0 Å². The van der Waals surface area contributed by atoms with Gasteiger partial charge in [-0.2, -0.15) is 0 Å². The zero-order chi connectivity index (χ0) is 15.4. The van der Waals surface area contributed by atoms with E-state index in [9.17, 15) is 0 Å². The van der Waals surface area contributed by atoms with Crippen LogP contribution < -0.4 is 15.4 Å². The van der Waals surface area contributed by atoms with Crippen LogP contribution in [0.25, 0.3) is 0 Å². The first kappa shape index (κ1) is 15.4. The smallest absolute Gasteiger partial charge is 0.124 e. The van der Waals surface area contributed by atoms with Gasteiger partial charge in [0.15, 0.2) is 0 Å². The van der Waals surface area contributed by atoms with Crippen LogP contribution in [-0.2, 0) is 0 Å². The van der Waals surface area contributed by atoms with Crippen molar-refractivity contribution in [1.82, 2.24) is 0 Å². The molecule has 21 heavy (non-hydrogen) atoms. The lowest BCUT2D eigenvalue weighted by atomic mass is 9.98. The molecule has 2 N–H and O–H groups in total. The molecule has 0 heterocycles. The number of anilines is 1. The van der Waals surface area contributed by atoms with Crippen molar-refractivity contribution in [3.05, 3.63) is 59.7 Å². The lowest BCUT2D eigenvalue weighted by Gasteiger charge is -2.20. The average Bonchev–Trinajstić information content (AvgIpc) is 2.46. The molecule has 112 valence electrons. The molecule has 1 unspecified atom stereocenters. The summed E-state index contributed by atoms with van der Waals surface area (Å²) in [5.74, 6) is 0.858. The van der Waals surface area contributed by atoms with Crippen molar-refractivity contribution in [2.24, 2.45) is 5.73 Å². The van der Waals surface area contributed by atoms with Crippen molar-refractivity contribution in [1.29, 1.82) is 0 Å². The summed E-state index contributed by atoms with van der Waals surface area (Å²) in [7, 11) is 4.06. The predicted octanol–water partition coefficient (Wildman–Crippen LogP) is 3.59. The van der Waals surface area contributed by atoms with Crippen LogP contribution in [-0.4, -0.2) is 20.2 Å². The van der Waals surface area contributed by atoms with Gasteiger partial charge in [0.05, 0.1) is 12.1 Å². The number of hydrogen-bond acceptors (Lipinski definition) is 3. The zero-order valence-electron chi connectivity index (χ0n) is 13.2. The summed E-state index contributed by atoms with van der Waals surface area (Å²) in [5, 5.41) is 0. The molecule has 0 aromatic heterocycles. The van der Waals surface area contributed by atoms with Gasteiger partial charge in [0.2, 0.25) is 0 Å². The summed E-state index contributed by atoms with van der Waals surface area (Å²) in [5.41, 5.74) is 9.69. The summed E-state index contributed by atoms with van der Waals surface area (Å²) in [4.78, 5) is 2.07. The van der Waals surface area contributed by atoms with E-state index in [0.29, 0.717) is 0 Å². The van der Waals surface area contributed by atoms with E-state index in [1.54, 1.807) is 0 Å². The van der Waals surface area contributed by atoms with Gasteiger partial charge in [-0.1, -0.05) is 30.3 Å². The molecule has 0 amide bonds. The Morgan fingerprint density at radius 2 is 1.57 bits per heavy atom. The van der Waals surface area contributed by atoms with Crippen LogP contribution in [0.1, 0.15) is 31.0 Å². The largest absolute Gasteiger partial charge is 0.491 e. The highest BCUT2D eigenvalue weighted by molar-refractivity contribution is 5.49. The third-order valence-electron chi connectivity index (χ3n) is 3.39. The normalized spacial score (nSPS) is 12.3. The first-order valence-electron chi connectivity index (χ1n) is 7.27. The Kier molecular flexibility index (Phi) is 4.86. The molecule has 0 aliphatic rings. The SMILES string of the molecule is CC(C)Oc1ccccc1C(N)c1ccc(N(C)C)cc1. The Hall–Kier alpha value is -2.00. The molecule has 0 bridgehead atoms. The highest BCUT2D eigenvalue weighted by Gasteiger charge is 2.14. The van der Waals surface area contributed by atoms with E-state index in [0.717, 1.165) is 22.6 Å². The second kappa shape index (κ2) is 6.64. The van der Waals surface area contributed by atoms with Crippen LogP contribution in [0.2, 0.25) is 0 Å². The maximum atomic E-state index is 6.43. The van der Waals surface area contributed by atoms with Crippen LogP contribution >= 0.6 is 0 Å². The van der Waals surface area contributed by atoms with E-state index in [4.69, 9.17) is 10.5 Å². The van der Waals surface area contributed by atoms with Crippen LogP contribution in [0, 0.1) is 0 Å². The highest BCUT2D eigenvalue weighted by atomic mass is 16.5. The highest BCUT2D eigenvalue weighted by Crippen LogP contribution is 2.29. The van der Waals surface area contributed by atoms with E-state index in [1.165, 1.54) is 0 Å².